The van der Waals surface area contributed by atoms with Crippen LogP contribution >= 0.6 is 50.9 Å². The number of ether oxygens (including phenoxy) is 2. The molecule has 2 amide bonds. The summed E-state index contributed by atoms with van der Waals surface area (Å²) in [5.41, 5.74) is 3.14. The fraction of sp³-hybridized carbons (Fsp3) is 0.231. The van der Waals surface area contributed by atoms with E-state index >= 15 is 0 Å². The molecule has 0 bridgehead atoms. The lowest BCUT2D eigenvalue weighted by molar-refractivity contribution is -0.118. The molecule has 0 radical (unpaired) electrons. The number of rotatable bonds is 8. The molecule has 0 spiro atoms. The van der Waals surface area contributed by atoms with Gasteiger partial charge in [0.2, 0.25) is 5.91 Å². The van der Waals surface area contributed by atoms with E-state index in [2.05, 4.69) is 21.2 Å². The van der Waals surface area contributed by atoms with Crippen molar-refractivity contribution >= 4 is 74.1 Å². The first-order chi connectivity index (χ1) is 17.3. The number of nitrogens with one attached hydrogen (secondary N) is 1. The highest BCUT2D eigenvalue weighted by molar-refractivity contribution is 9.10. The summed E-state index contributed by atoms with van der Waals surface area (Å²) >= 11 is 17.3. The van der Waals surface area contributed by atoms with Crippen molar-refractivity contribution in [1.29, 1.82) is 0 Å². The second-order valence-corrected chi connectivity index (χ2v) is 10.7. The highest BCUT2D eigenvalue weighted by Crippen LogP contribution is 2.46. The van der Waals surface area contributed by atoms with Crippen LogP contribution < -0.4 is 19.7 Å². The quantitative estimate of drug-likeness (QED) is 0.291. The zero-order chi connectivity index (χ0) is 25.8. The van der Waals surface area contributed by atoms with E-state index in [-0.39, 0.29) is 23.8 Å². The molecule has 1 atom stereocenters. The van der Waals surface area contributed by atoms with Gasteiger partial charge in [-0.1, -0.05) is 29.3 Å². The fourth-order valence-electron chi connectivity index (χ4n) is 3.69. The summed E-state index contributed by atoms with van der Waals surface area (Å²) in [6.45, 7) is 3.93. The van der Waals surface area contributed by atoms with Gasteiger partial charge in [0.25, 0.3) is 5.91 Å². The van der Waals surface area contributed by atoms with Crippen LogP contribution in [-0.4, -0.2) is 30.8 Å². The van der Waals surface area contributed by atoms with Gasteiger partial charge in [0.05, 0.1) is 16.8 Å². The maximum atomic E-state index is 12.7. The van der Waals surface area contributed by atoms with E-state index in [4.69, 9.17) is 32.7 Å². The molecule has 0 unspecified atom stereocenters. The molecule has 3 aromatic rings. The zero-order valence-corrected chi connectivity index (χ0v) is 23.4. The molecule has 4 rings (SSSR count). The van der Waals surface area contributed by atoms with Crippen molar-refractivity contribution in [2.45, 2.75) is 19.2 Å². The van der Waals surface area contributed by atoms with Crippen molar-refractivity contribution in [2.75, 3.05) is 29.2 Å². The van der Waals surface area contributed by atoms with E-state index in [1.165, 1.54) is 11.8 Å². The Morgan fingerprint density at radius 3 is 2.58 bits per heavy atom. The molecule has 36 heavy (non-hydrogen) atoms. The number of carbonyl (C=O) groups is 2. The largest absolute Gasteiger partial charge is 0.490 e. The van der Waals surface area contributed by atoms with Crippen molar-refractivity contribution in [2.24, 2.45) is 0 Å². The first-order valence-electron chi connectivity index (χ1n) is 11.1. The topological polar surface area (TPSA) is 67.9 Å². The number of amides is 2. The Labute approximate surface area is 232 Å². The monoisotopic (exact) mass is 608 g/mol. The predicted octanol–water partition coefficient (Wildman–Crippen LogP) is 7.26. The summed E-state index contributed by atoms with van der Waals surface area (Å²) in [5.74, 6) is 0.916. The predicted molar refractivity (Wildman–Crippen MR) is 150 cm³/mol. The van der Waals surface area contributed by atoms with Crippen molar-refractivity contribution in [3.63, 3.8) is 0 Å². The van der Waals surface area contributed by atoms with E-state index in [0.717, 1.165) is 16.8 Å². The Morgan fingerprint density at radius 2 is 1.89 bits per heavy atom. The number of nitrogens with zero attached hydrogens (tertiary/aromatic N) is 1. The third-order valence-electron chi connectivity index (χ3n) is 5.39. The van der Waals surface area contributed by atoms with Gasteiger partial charge in [0.15, 0.2) is 18.1 Å². The van der Waals surface area contributed by atoms with Crippen molar-refractivity contribution < 1.29 is 19.1 Å². The molecule has 1 aliphatic rings. The molecule has 6 nitrogen and oxygen atoms in total. The van der Waals surface area contributed by atoms with E-state index < -0.39 is 0 Å². The third-order valence-corrected chi connectivity index (χ3v) is 7.85. The number of carbonyl (C=O) groups excluding carboxylic acids is 2. The molecule has 1 saturated heterocycles. The fourth-order valence-corrected chi connectivity index (χ4v) is 5.73. The molecule has 0 saturated carbocycles. The molecule has 1 aliphatic heterocycles. The summed E-state index contributed by atoms with van der Waals surface area (Å²) in [6, 6.07) is 16.2. The van der Waals surface area contributed by atoms with Crippen LogP contribution in [0.4, 0.5) is 11.4 Å². The molecule has 188 valence electrons. The molecule has 0 aromatic heterocycles. The Balaban J connectivity index is 1.54. The molecular formula is C26H23BrCl2N2O4S. The number of aryl methyl sites for hydroxylation is 1. The van der Waals surface area contributed by atoms with Gasteiger partial charge < -0.3 is 14.8 Å². The number of benzene rings is 3. The lowest BCUT2D eigenvalue weighted by atomic mass is 10.1. The first-order valence-corrected chi connectivity index (χ1v) is 13.7. The number of hydrogen-bond acceptors (Lipinski definition) is 5. The lowest BCUT2D eigenvalue weighted by Crippen LogP contribution is -2.27. The number of hydrogen-bond donors (Lipinski definition) is 1. The van der Waals surface area contributed by atoms with Gasteiger partial charge in [-0.2, -0.15) is 0 Å². The Hall–Kier alpha value is -2.39. The van der Waals surface area contributed by atoms with Gasteiger partial charge in [-0.3, -0.25) is 14.5 Å². The van der Waals surface area contributed by atoms with Crippen LogP contribution in [0.1, 0.15) is 23.4 Å². The summed E-state index contributed by atoms with van der Waals surface area (Å²) in [7, 11) is 0. The van der Waals surface area contributed by atoms with Crippen molar-refractivity contribution in [3.05, 3.63) is 80.2 Å². The number of halogens is 3. The van der Waals surface area contributed by atoms with Crippen LogP contribution in [0.25, 0.3) is 0 Å². The van der Waals surface area contributed by atoms with Gasteiger partial charge in [-0.15, -0.1) is 11.8 Å². The minimum atomic E-state index is -0.334. The minimum Gasteiger partial charge on any atom is -0.490 e. The summed E-state index contributed by atoms with van der Waals surface area (Å²) in [6.07, 6.45) is 0. The second kappa shape index (κ2) is 11.8. The lowest BCUT2D eigenvalue weighted by Gasteiger charge is -2.25. The molecule has 3 aromatic carbocycles. The van der Waals surface area contributed by atoms with Gasteiger partial charge in [0, 0.05) is 21.4 Å². The maximum absolute atomic E-state index is 12.7. The molecule has 1 heterocycles. The first kappa shape index (κ1) is 26.7. The SMILES string of the molecule is CCOc1cc([C@H]2SCC(=O)N2c2ccc(Cl)cc2)cc(Br)c1OCC(=O)Nc1ccc(C)c(Cl)c1. The van der Waals surface area contributed by atoms with E-state index in [9.17, 15) is 9.59 Å². The van der Waals surface area contributed by atoms with E-state index in [1.807, 2.05) is 44.2 Å². The standard InChI is InChI=1S/C26H23BrCl2N2O4S/c1-3-34-22-11-16(26-31(24(33)14-36-26)19-8-5-17(28)6-9-19)10-20(27)25(22)35-13-23(32)30-18-7-4-15(2)21(29)12-18/h4-12,26H,3,13-14H2,1-2H3,(H,30,32)/t26-/m1/s1. The molecule has 0 aliphatic carbocycles. The average molecular weight is 610 g/mol. The number of anilines is 2. The maximum Gasteiger partial charge on any atom is 0.262 e. The summed E-state index contributed by atoms with van der Waals surface area (Å²) in [5, 5.41) is 3.70. The van der Waals surface area contributed by atoms with Crippen LogP contribution in [-0.2, 0) is 9.59 Å². The van der Waals surface area contributed by atoms with E-state index in [0.29, 0.717) is 44.1 Å². The summed E-state index contributed by atoms with van der Waals surface area (Å²) < 4.78 is 12.3. The van der Waals surface area contributed by atoms with Gasteiger partial charge in [0.1, 0.15) is 5.37 Å². The van der Waals surface area contributed by atoms with E-state index in [1.54, 1.807) is 29.2 Å². The van der Waals surface area contributed by atoms with Gasteiger partial charge in [-0.25, -0.2) is 0 Å². The molecule has 1 fully saturated rings. The smallest absolute Gasteiger partial charge is 0.262 e. The van der Waals surface area contributed by atoms with Crippen LogP contribution in [0, 0.1) is 6.92 Å². The Bertz CT molecular complexity index is 1290. The highest BCUT2D eigenvalue weighted by atomic mass is 79.9. The van der Waals surface area contributed by atoms with Crippen molar-refractivity contribution in [3.8, 4) is 11.5 Å². The van der Waals surface area contributed by atoms with Crippen LogP contribution in [0.3, 0.4) is 0 Å². The minimum absolute atomic E-state index is 0.00890. The highest BCUT2D eigenvalue weighted by Gasteiger charge is 2.35. The van der Waals surface area contributed by atoms with Crippen molar-refractivity contribution in [1.82, 2.24) is 0 Å². The third kappa shape index (κ3) is 6.11. The average Bonchev–Trinajstić information content (AvgIpc) is 3.23. The normalized spacial score (nSPS) is 15.2. The molecule has 1 N–H and O–H groups in total. The summed E-state index contributed by atoms with van der Waals surface area (Å²) in [4.78, 5) is 27.0. The van der Waals surface area contributed by atoms with Gasteiger partial charge in [-0.05, 0) is 89.4 Å². The van der Waals surface area contributed by atoms with Crippen LogP contribution in [0.5, 0.6) is 11.5 Å². The van der Waals surface area contributed by atoms with Crippen LogP contribution in [0.15, 0.2) is 59.1 Å². The Kier molecular flexibility index (Phi) is 8.72. The van der Waals surface area contributed by atoms with Gasteiger partial charge >= 0.3 is 0 Å². The number of thioether (sulfide) groups is 1. The van der Waals surface area contributed by atoms with Crippen LogP contribution in [0.2, 0.25) is 10.0 Å². The zero-order valence-electron chi connectivity index (χ0n) is 19.5. The Morgan fingerprint density at radius 1 is 1.14 bits per heavy atom. The molecular weight excluding hydrogens is 587 g/mol. The molecule has 10 heteroatoms. The second-order valence-electron chi connectivity index (χ2n) is 7.97.